The van der Waals surface area contributed by atoms with Gasteiger partial charge >= 0.3 is 5.92 Å². The van der Waals surface area contributed by atoms with Crippen LogP contribution in [0, 0.1) is 0 Å². The number of hydrogen-bond donors (Lipinski definition) is 2. The van der Waals surface area contributed by atoms with Crippen LogP contribution in [0.5, 0.6) is 5.75 Å². The number of hydrogen-bond acceptors (Lipinski definition) is 8. The van der Waals surface area contributed by atoms with E-state index in [1.807, 2.05) is 19.0 Å². The molecular weight excluding hydrogens is 484 g/mol. The molecule has 0 fully saturated rings. The number of fused-ring (bicyclic) bond motifs is 1. The van der Waals surface area contributed by atoms with Gasteiger partial charge in [0.15, 0.2) is 5.82 Å². The molecule has 12 heteroatoms. The van der Waals surface area contributed by atoms with E-state index in [0.717, 1.165) is 17.9 Å². The van der Waals surface area contributed by atoms with Crippen LogP contribution in [-0.2, 0) is 4.79 Å². The van der Waals surface area contributed by atoms with Crippen LogP contribution in [0.1, 0.15) is 16.8 Å². The number of benzene rings is 1. The molecule has 0 atom stereocenters. The van der Waals surface area contributed by atoms with Crippen LogP contribution in [0.4, 0.5) is 31.9 Å². The van der Waals surface area contributed by atoms with Gasteiger partial charge in [-0.1, -0.05) is 6.08 Å². The Morgan fingerprint density at radius 1 is 1.30 bits per heavy atom. The molecule has 1 aromatic carbocycles. The van der Waals surface area contributed by atoms with E-state index < -0.39 is 18.4 Å². The smallest absolute Gasteiger partial charge is 0.342 e. The van der Waals surface area contributed by atoms with Crippen molar-refractivity contribution < 1.29 is 23.1 Å². The molecule has 37 heavy (non-hydrogen) atoms. The van der Waals surface area contributed by atoms with Crippen LogP contribution in [0.25, 0.3) is 0 Å². The van der Waals surface area contributed by atoms with Crippen molar-refractivity contribution in [1.29, 1.82) is 0 Å². The van der Waals surface area contributed by atoms with Crippen molar-refractivity contribution >= 4 is 35.0 Å². The van der Waals surface area contributed by atoms with Gasteiger partial charge < -0.3 is 30.1 Å². The Morgan fingerprint density at radius 3 is 2.70 bits per heavy atom. The van der Waals surface area contributed by atoms with Gasteiger partial charge in [0.1, 0.15) is 11.4 Å². The molecule has 2 aliphatic rings. The van der Waals surface area contributed by atoms with Crippen molar-refractivity contribution in [3.05, 3.63) is 53.9 Å². The van der Waals surface area contributed by atoms with Gasteiger partial charge in [-0.25, -0.2) is 4.98 Å². The fourth-order valence-electron chi connectivity index (χ4n) is 3.89. The summed E-state index contributed by atoms with van der Waals surface area (Å²) >= 11 is 0. The predicted molar refractivity (Wildman–Crippen MR) is 137 cm³/mol. The second-order valence-corrected chi connectivity index (χ2v) is 8.96. The average Bonchev–Trinajstić information content (AvgIpc) is 2.90. The number of methoxy groups -OCH3 is 1. The largest absolute Gasteiger partial charge is 0.495 e. The number of aromatic nitrogens is 2. The maximum atomic E-state index is 14.6. The summed E-state index contributed by atoms with van der Waals surface area (Å²) < 4.78 is 34.7. The minimum absolute atomic E-state index is 0.109. The third kappa shape index (κ3) is 5.53. The van der Waals surface area contributed by atoms with Gasteiger partial charge in [0.05, 0.1) is 25.5 Å². The molecule has 4 rings (SSSR count). The van der Waals surface area contributed by atoms with Gasteiger partial charge in [-0.3, -0.25) is 9.59 Å². The van der Waals surface area contributed by atoms with E-state index in [9.17, 15) is 18.4 Å². The molecule has 0 bridgehead atoms. The first-order valence-corrected chi connectivity index (χ1v) is 11.7. The molecular formula is C25H29F2N7O3. The summed E-state index contributed by atoms with van der Waals surface area (Å²) in [5.74, 6) is -4.52. The van der Waals surface area contributed by atoms with Crippen molar-refractivity contribution in [2.45, 2.75) is 12.3 Å². The molecule has 1 aromatic heterocycles. The third-order valence-corrected chi connectivity index (χ3v) is 5.96. The number of alkyl halides is 2. The molecule has 10 nitrogen and oxygen atoms in total. The van der Waals surface area contributed by atoms with Crippen LogP contribution in [0.3, 0.4) is 0 Å². The van der Waals surface area contributed by atoms with Crippen LogP contribution in [0.2, 0.25) is 0 Å². The van der Waals surface area contributed by atoms with Crippen molar-refractivity contribution in [1.82, 2.24) is 20.2 Å². The van der Waals surface area contributed by atoms with Gasteiger partial charge in [-0.05, 0) is 57.4 Å². The van der Waals surface area contributed by atoms with Crippen LogP contribution < -0.4 is 25.2 Å². The number of amides is 2. The summed E-state index contributed by atoms with van der Waals surface area (Å²) in [7, 11) is 6.68. The Hall–Kier alpha value is -4.06. The molecule has 2 aromatic rings. The van der Waals surface area contributed by atoms with Gasteiger partial charge in [-0.2, -0.15) is 13.8 Å². The fraction of sp³-hybridized carbons (Fsp3) is 0.360. The Morgan fingerprint density at radius 2 is 2.05 bits per heavy atom. The zero-order chi connectivity index (χ0) is 26.7. The SMILES string of the molecule is COc1cc(C(=O)NCCCN(C)C)ccc1Nc1ncc2c(n1)N(C1=CC=C1)CC(F)(F)C(=O)N2C. The second kappa shape index (κ2) is 10.5. The number of nitrogens with zero attached hydrogens (tertiary/aromatic N) is 5. The number of allylic oxidation sites excluding steroid dienone is 3. The quantitative estimate of drug-likeness (QED) is 0.494. The highest BCUT2D eigenvalue weighted by molar-refractivity contribution is 6.02. The minimum Gasteiger partial charge on any atom is -0.495 e. The predicted octanol–water partition coefficient (Wildman–Crippen LogP) is 2.78. The van der Waals surface area contributed by atoms with E-state index in [1.165, 1.54) is 25.3 Å². The first-order valence-electron chi connectivity index (χ1n) is 11.7. The number of rotatable bonds is 9. The first-order chi connectivity index (χ1) is 17.6. The van der Waals surface area contributed by atoms with E-state index in [1.54, 1.807) is 36.4 Å². The first kappa shape index (κ1) is 26.0. The zero-order valence-electron chi connectivity index (χ0n) is 21.1. The molecule has 0 radical (unpaired) electrons. The molecule has 1 aliphatic heterocycles. The summed E-state index contributed by atoms with van der Waals surface area (Å²) in [5.41, 5.74) is 1.56. The Bertz CT molecular complexity index is 1260. The Labute approximate surface area is 213 Å². The number of carbonyl (C=O) groups is 2. The summed E-state index contributed by atoms with van der Waals surface area (Å²) in [6, 6.07) is 4.89. The molecule has 0 spiro atoms. The Kier molecular flexibility index (Phi) is 7.39. The van der Waals surface area contributed by atoms with Crippen molar-refractivity contribution in [2.24, 2.45) is 0 Å². The third-order valence-electron chi connectivity index (χ3n) is 5.96. The van der Waals surface area contributed by atoms with E-state index in [-0.39, 0.29) is 23.4 Å². The van der Waals surface area contributed by atoms with Crippen molar-refractivity contribution in [3.8, 4) is 5.75 Å². The lowest BCUT2D eigenvalue weighted by Gasteiger charge is -2.28. The monoisotopic (exact) mass is 513 g/mol. The van der Waals surface area contributed by atoms with Gasteiger partial charge in [0, 0.05) is 24.9 Å². The number of halogens is 2. The van der Waals surface area contributed by atoms with Gasteiger partial charge in [0.2, 0.25) is 5.95 Å². The average molecular weight is 514 g/mol. The number of ether oxygens (including phenoxy) is 1. The summed E-state index contributed by atoms with van der Waals surface area (Å²) in [4.78, 5) is 37.8. The maximum Gasteiger partial charge on any atom is 0.342 e. The van der Waals surface area contributed by atoms with E-state index in [4.69, 9.17) is 4.74 Å². The molecule has 196 valence electrons. The van der Waals surface area contributed by atoms with E-state index >= 15 is 0 Å². The molecule has 1 aliphatic carbocycles. The molecule has 0 unspecified atom stereocenters. The lowest BCUT2D eigenvalue weighted by atomic mass is 10.1. The summed E-state index contributed by atoms with van der Waals surface area (Å²) in [6.07, 6.45) is 7.19. The van der Waals surface area contributed by atoms with E-state index in [2.05, 4.69) is 20.6 Å². The van der Waals surface area contributed by atoms with Crippen LogP contribution in [-0.4, -0.2) is 80.5 Å². The topological polar surface area (TPSA) is 103 Å². The molecule has 2 N–H and O–H groups in total. The van der Waals surface area contributed by atoms with Crippen LogP contribution in [0.15, 0.2) is 48.3 Å². The molecule has 0 saturated heterocycles. The normalized spacial score (nSPS) is 16.1. The molecule has 2 heterocycles. The highest BCUT2D eigenvalue weighted by Crippen LogP contribution is 2.39. The van der Waals surface area contributed by atoms with Crippen LogP contribution >= 0.6 is 0 Å². The van der Waals surface area contributed by atoms with E-state index in [0.29, 0.717) is 29.2 Å². The minimum atomic E-state index is -3.61. The number of nitrogens with one attached hydrogen (secondary N) is 2. The molecule has 0 saturated carbocycles. The Balaban J connectivity index is 1.57. The zero-order valence-corrected chi connectivity index (χ0v) is 21.1. The van der Waals surface area contributed by atoms with Gasteiger partial charge in [0.25, 0.3) is 11.8 Å². The summed E-state index contributed by atoms with van der Waals surface area (Å²) in [6.45, 7) is 0.553. The number of anilines is 4. The lowest BCUT2D eigenvalue weighted by molar-refractivity contribution is -0.140. The molecule has 2 amide bonds. The standard InChI is InChI=1S/C25H29F2N7O3/c1-32(2)12-6-11-28-22(35)16-9-10-18(20(13-16)37-4)30-24-29-14-19-21(31-24)34(17-7-5-8-17)15-25(26,27)23(36)33(19)3/h5,7-10,13-14H,6,11-12,15H2,1-4H3,(H,28,35)(H,29,30,31). The fourth-order valence-corrected chi connectivity index (χ4v) is 3.89. The lowest BCUT2D eigenvalue weighted by Crippen LogP contribution is -2.46. The second-order valence-electron chi connectivity index (χ2n) is 8.96. The van der Waals surface area contributed by atoms with Crippen molar-refractivity contribution in [3.63, 3.8) is 0 Å². The van der Waals surface area contributed by atoms with Crippen molar-refractivity contribution in [2.75, 3.05) is 63.0 Å². The highest BCUT2D eigenvalue weighted by atomic mass is 19.3. The maximum absolute atomic E-state index is 14.6. The summed E-state index contributed by atoms with van der Waals surface area (Å²) in [5, 5.41) is 5.91. The highest BCUT2D eigenvalue weighted by Gasteiger charge is 2.48. The number of carbonyl (C=O) groups excluding carboxylic acids is 2. The van der Waals surface area contributed by atoms with Gasteiger partial charge in [-0.15, -0.1) is 0 Å².